The van der Waals surface area contributed by atoms with Crippen LogP contribution in [0.3, 0.4) is 0 Å². The minimum atomic E-state index is -0.751. The third kappa shape index (κ3) is 12.1. The number of allylic oxidation sites excluding steroid dienone is 5. The lowest BCUT2D eigenvalue weighted by Gasteiger charge is -2.08. The van der Waals surface area contributed by atoms with Crippen molar-refractivity contribution >= 4 is 5.91 Å². The van der Waals surface area contributed by atoms with Gasteiger partial charge < -0.3 is 10.4 Å². The van der Waals surface area contributed by atoms with Crippen LogP contribution in [0.5, 0.6) is 0 Å². The zero-order valence-electron chi connectivity index (χ0n) is 14.2. The van der Waals surface area contributed by atoms with Gasteiger partial charge in [-0.1, -0.05) is 35.8 Å². The molecule has 0 aliphatic rings. The lowest BCUT2D eigenvalue weighted by molar-refractivity contribution is -0.119. The molecule has 0 saturated heterocycles. The molecule has 0 aromatic heterocycles. The highest BCUT2D eigenvalue weighted by Crippen LogP contribution is 2.11. The van der Waals surface area contributed by atoms with Crippen molar-refractivity contribution in [1.82, 2.24) is 5.32 Å². The molecule has 3 nitrogen and oxygen atoms in total. The third-order valence-electron chi connectivity index (χ3n) is 3.20. The van der Waals surface area contributed by atoms with E-state index in [-0.39, 0.29) is 5.91 Å². The molecule has 0 aliphatic heterocycles. The van der Waals surface area contributed by atoms with Crippen LogP contribution in [0.2, 0.25) is 0 Å². The SMILES string of the molecule is CCC(O)NC(=O)/C=C(\C)CC/C=C(\C)CCC=C(C)C. The quantitative estimate of drug-likeness (QED) is 0.379. The minimum Gasteiger partial charge on any atom is -0.374 e. The van der Waals surface area contributed by atoms with Crippen LogP contribution in [0, 0.1) is 0 Å². The van der Waals surface area contributed by atoms with E-state index in [9.17, 15) is 9.90 Å². The van der Waals surface area contributed by atoms with Gasteiger partial charge in [-0.05, 0) is 59.8 Å². The second-order valence-electron chi connectivity index (χ2n) is 5.83. The lowest BCUT2D eigenvalue weighted by Crippen LogP contribution is -2.32. The Balaban J connectivity index is 4.09. The van der Waals surface area contributed by atoms with Crippen molar-refractivity contribution in [3.05, 3.63) is 34.9 Å². The Morgan fingerprint density at radius 3 is 2.19 bits per heavy atom. The molecule has 0 aromatic rings. The predicted molar refractivity (Wildman–Crippen MR) is 89.9 cm³/mol. The first-order valence-corrected chi connectivity index (χ1v) is 7.79. The van der Waals surface area contributed by atoms with Crippen LogP contribution in [-0.4, -0.2) is 17.2 Å². The number of rotatable bonds is 9. The monoisotopic (exact) mass is 293 g/mol. The lowest BCUT2D eigenvalue weighted by atomic mass is 10.1. The zero-order valence-corrected chi connectivity index (χ0v) is 14.2. The Morgan fingerprint density at radius 2 is 1.62 bits per heavy atom. The summed E-state index contributed by atoms with van der Waals surface area (Å²) in [6.07, 6.45) is 9.85. The van der Waals surface area contributed by atoms with Gasteiger partial charge in [0.1, 0.15) is 6.23 Å². The number of nitrogens with one attached hydrogen (secondary N) is 1. The fourth-order valence-corrected chi connectivity index (χ4v) is 1.84. The summed E-state index contributed by atoms with van der Waals surface area (Å²) in [4.78, 5) is 11.6. The summed E-state index contributed by atoms with van der Waals surface area (Å²) in [5, 5.41) is 11.9. The molecule has 0 spiro atoms. The first-order valence-electron chi connectivity index (χ1n) is 7.79. The van der Waals surface area contributed by atoms with E-state index in [2.05, 4.69) is 38.2 Å². The second kappa shape index (κ2) is 11.3. The predicted octanol–water partition coefficient (Wildman–Crippen LogP) is 4.25. The molecule has 1 amide bonds. The minimum absolute atomic E-state index is 0.217. The molecule has 3 heteroatoms. The van der Waals surface area contributed by atoms with Gasteiger partial charge in [0.05, 0.1) is 0 Å². The highest BCUT2D eigenvalue weighted by atomic mass is 16.3. The number of carbonyl (C=O) groups excluding carboxylic acids is 1. The van der Waals surface area contributed by atoms with Crippen LogP contribution < -0.4 is 5.32 Å². The summed E-state index contributed by atoms with van der Waals surface area (Å²) in [5.74, 6) is -0.217. The van der Waals surface area contributed by atoms with Gasteiger partial charge in [0.25, 0.3) is 0 Å². The summed E-state index contributed by atoms with van der Waals surface area (Å²) in [6.45, 7) is 10.2. The van der Waals surface area contributed by atoms with Crippen molar-refractivity contribution in [2.45, 2.75) is 73.0 Å². The van der Waals surface area contributed by atoms with Gasteiger partial charge in [-0.25, -0.2) is 0 Å². The fraction of sp³-hybridized carbons (Fsp3) is 0.611. The maximum atomic E-state index is 11.6. The maximum absolute atomic E-state index is 11.6. The molecule has 1 atom stereocenters. The molecule has 2 N–H and O–H groups in total. The molecule has 0 aliphatic carbocycles. The average molecular weight is 293 g/mol. The molecule has 120 valence electrons. The highest BCUT2D eigenvalue weighted by Gasteiger charge is 2.03. The van der Waals surface area contributed by atoms with Crippen LogP contribution in [-0.2, 0) is 4.79 Å². The largest absolute Gasteiger partial charge is 0.374 e. The Morgan fingerprint density at radius 1 is 1.05 bits per heavy atom. The number of aliphatic hydroxyl groups is 1. The molecular formula is C18H31NO2. The Kier molecular flexibility index (Phi) is 10.6. The van der Waals surface area contributed by atoms with E-state index in [4.69, 9.17) is 0 Å². The van der Waals surface area contributed by atoms with Crippen LogP contribution in [0.15, 0.2) is 34.9 Å². The summed E-state index contributed by atoms with van der Waals surface area (Å²) < 4.78 is 0. The summed E-state index contributed by atoms with van der Waals surface area (Å²) >= 11 is 0. The van der Waals surface area contributed by atoms with Crippen LogP contribution in [0.1, 0.15) is 66.7 Å². The average Bonchev–Trinajstić information content (AvgIpc) is 2.37. The summed E-state index contributed by atoms with van der Waals surface area (Å²) in [7, 11) is 0. The number of carbonyl (C=O) groups is 1. The van der Waals surface area contributed by atoms with E-state index >= 15 is 0 Å². The zero-order chi connectivity index (χ0) is 16.3. The third-order valence-corrected chi connectivity index (χ3v) is 3.20. The molecule has 0 radical (unpaired) electrons. The van der Waals surface area contributed by atoms with Gasteiger partial charge >= 0.3 is 0 Å². The molecule has 0 rings (SSSR count). The Labute approximate surface area is 129 Å². The van der Waals surface area contributed by atoms with Crippen molar-refractivity contribution in [2.75, 3.05) is 0 Å². The van der Waals surface area contributed by atoms with Crippen LogP contribution in [0.4, 0.5) is 0 Å². The second-order valence-corrected chi connectivity index (χ2v) is 5.83. The Bertz CT molecular complexity index is 401. The van der Waals surface area contributed by atoms with E-state index in [0.717, 1.165) is 31.3 Å². The smallest absolute Gasteiger partial charge is 0.245 e. The molecule has 0 aromatic carbocycles. The number of hydrogen-bond acceptors (Lipinski definition) is 2. The van der Waals surface area contributed by atoms with Gasteiger partial charge in [0.2, 0.25) is 5.91 Å². The van der Waals surface area contributed by atoms with Gasteiger partial charge in [-0.15, -0.1) is 0 Å². The first-order chi connectivity index (χ1) is 9.85. The molecule has 0 bridgehead atoms. The molecule has 0 heterocycles. The summed E-state index contributed by atoms with van der Waals surface area (Å²) in [6, 6.07) is 0. The topological polar surface area (TPSA) is 49.3 Å². The molecule has 0 saturated carbocycles. The fourth-order valence-electron chi connectivity index (χ4n) is 1.84. The Hall–Kier alpha value is -1.35. The molecule has 21 heavy (non-hydrogen) atoms. The standard InChI is InChI=1S/C18H31NO2/c1-6-17(20)19-18(21)13-16(5)12-8-11-15(4)10-7-9-14(2)3/h9,11,13,17,20H,6-8,10,12H2,1-5H3,(H,19,21)/b15-11+,16-13+. The van der Waals surface area contributed by atoms with E-state index in [1.807, 2.05) is 13.8 Å². The normalized spacial score (nSPS) is 13.8. The molecule has 1 unspecified atom stereocenters. The van der Waals surface area contributed by atoms with Crippen molar-refractivity contribution in [3.8, 4) is 0 Å². The van der Waals surface area contributed by atoms with Crippen LogP contribution in [0.25, 0.3) is 0 Å². The van der Waals surface area contributed by atoms with Gasteiger partial charge in [-0.2, -0.15) is 0 Å². The van der Waals surface area contributed by atoms with Crippen molar-refractivity contribution in [3.63, 3.8) is 0 Å². The van der Waals surface area contributed by atoms with Gasteiger partial charge in [0, 0.05) is 6.08 Å². The maximum Gasteiger partial charge on any atom is 0.245 e. The highest BCUT2D eigenvalue weighted by molar-refractivity contribution is 5.88. The van der Waals surface area contributed by atoms with E-state index < -0.39 is 6.23 Å². The molecule has 0 fully saturated rings. The van der Waals surface area contributed by atoms with E-state index in [1.165, 1.54) is 11.1 Å². The number of hydrogen-bond donors (Lipinski definition) is 2. The first kappa shape index (κ1) is 19.7. The van der Waals surface area contributed by atoms with Gasteiger partial charge in [0.15, 0.2) is 0 Å². The number of aliphatic hydroxyl groups excluding tert-OH is 1. The van der Waals surface area contributed by atoms with E-state index in [1.54, 1.807) is 6.08 Å². The molecular weight excluding hydrogens is 262 g/mol. The summed E-state index contributed by atoms with van der Waals surface area (Å²) in [5.41, 5.74) is 3.79. The van der Waals surface area contributed by atoms with Crippen molar-refractivity contribution in [2.24, 2.45) is 0 Å². The van der Waals surface area contributed by atoms with Crippen molar-refractivity contribution < 1.29 is 9.90 Å². The van der Waals surface area contributed by atoms with Crippen LogP contribution >= 0.6 is 0 Å². The number of amides is 1. The van der Waals surface area contributed by atoms with Crippen molar-refractivity contribution in [1.29, 1.82) is 0 Å². The van der Waals surface area contributed by atoms with E-state index in [0.29, 0.717) is 6.42 Å². The van der Waals surface area contributed by atoms with Gasteiger partial charge in [-0.3, -0.25) is 4.79 Å².